The van der Waals surface area contributed by atoms with Crippen LogP contribution in [0.1, 0.15) is 45.9 Å². The van der Waals surface area contributed by atoms with E-state index in [4.69, 9.17) is 4.98 Å². The molecule has 3 heterocycles. The lowest BCUT2D eigenvalue weighted by Crippen LogP contribution is -2.29. The van der Waals surface area contributed by atoms with Gasteiger partial charge >= 0.3 is 0 Å². The molecule has 7 heteroatoms. The normalized spacial score (nSPS) is 13.6. The van der Waals surface area contributed by atoms with E-state index in [1.165, 1.54) is 16.9 Å². The monoisotopic (exact) mass is 424 g/mol. The zero-order chi connectivity index (χ0) is 21.1. The molecular formula is C23H28N4O2S. The first-order chi connectivity index (χ1) is 14.5. The van der Waals surface area contributed by atoms with Crippen molar-refractivity contribution >= 4 is 27.5 Å². The summed E-state index contributed by atoms with van der Waals surface area (Å²) in [6.45, 7) is 4.99. The Morgan fingerprint density at radius 2 is 2.07 bits per heavy atom. The molecule has 0 radical (unpaired) electrons. The van der Waals surface area contributed by atoms with Gasteiger partial charge in [-0.15, -0.1) is 11.3 Å². The minimum atomic E-state index is -0.108. The fourth-order valence-electron chi connectivity index (χ4n) is 4.05. The number of nitrogens with zero attached hydrogens (tertiary/aromatic N) is 3. The standard InChI is InChI=1S/C23H28N4O2S/c1-16-19-22(25-18-11-6-7-14-27(18)23(19)29)30-20(16)21(28)24-12-8-13-26(2)15-17-9-4-3-5-10-17/h3-5,9-10H,6-8,11-15H2,1-2H3,(H,24,28). The number of aryl methyl sites for hydroxylation is 2. The molecule has 1 aromatic carbocycles. The SMILES string of the molecule is Cc1c(C(=O)NCCCN(C)Cc2ccccc2)sc2nc3n(c(=O)c12)CCCC3. The predicted molar refractivity (Wildman–Crippen MR) is 121 cm³/mol. The molecule has 1 amide bonds. The molecule has 2 aromatic heterocycles. The van der Waals surface area contributed by atoms with Crippen molar-refractivity contribution in [1.29, 1.82) is 0 Å². The van der Waals surface area contributed by atoms with E-state index >= 15 is 0 Å². The second kappa shape index (κ2) is 9.10. The number of rotatable bonds is 7. The molecule has 0 atom stereocenters. The van der Waals surface area contributed by atoms with Gasteiger partial charge in [-0.2, -0.15) is 0 Å². The number of thiophene rings is 1. The van der Waals surface area contributed by atoms with Gasteiger partial charge in [0, 0.05) is 26.1 Å². The van der Waals surface area contributed by atoms with Gasteiger partial charge in [-0.1, -0.05) is 30.3 Å². The molecule has 158 valence electrons. The van der Waals surface area contributed by atoms with E-state index in [2.05, 4.69) is 29.4 Å². The number of carbonyl (C=O) groups excluding carboxylic acids is 1. The first-order valence-corrected chi connectivity index (χ1v) is 11.4. The minimum Gasteiger partial charge on any atom is -0.351 e. The van der Waals surface area contributed by atoms with Crippen LogP contribution < -0.4 is 10.9 Å². The smallest absolute Gasteiger partial charge is 0.262 e. The Balaban J connectivity index is 1.37. The Kier molecular flexibility index (Phi) is 6.29. The molecule has 1 aliphatic heterocycles. The third-order valence-corrected chi connectivity index (χ3v) is 6.85. The highest BCUT2D eigenvalue weighted by Crippen LogP contribution is 2.28. The summed E-state index contributed by atoms with van der Waals surface area (Å²) in [6.07, 6.45) is 3.78. The van der Waals surface area contributed by atoms with Crippen molar-refractivity contribution in [2.45, 2.75) is 45.7 Å². The highest BCUT2D eigenvalue weighted by Gasteiger charge is 2.22. The summed E-state index contributed by atoms with van der Waals surface area (Å²) >= 11 is 1.34. The molecule has 3 aromatic rings. The molecule has 4 rings (SSSR count). The average molecular weight is 425 g/mol. The third kappa shape index (κ3) is 4.32. The fourth-order valence-corrected chi connectivity index (χ4v) is 5.16. The van der Waals surface area contributed by atoms with Crippen molar-refractivity contribution in [3.05, 3.63) is 62.5 Å². The van der Waals surface area contributed by atoms with Gasteiger partial charge in [-0.3, -0.25) is 14.2 Å². The summed E-state index contributed by atoms with van der Waals surface area (Å²) in [7, 11) is 2.09. The first-order valence-electron chi connectivity index (χ1n) is 10.6. The van der Waals surface area contributed by atoms with E-state index in [0.29, 0.717) is 21.6 Å². The zero-order valence-corrected chi connectivity index (χ0v) is 18.4. The lowest BCUT2D eigenvalue weighted by atomic mass is 10.1. The topological polar surface area (TPSA) is 67.2 Å². The number of benzene rings is 1. The Bertz CT molecular complexity index is 1100. The van der Waals surface area contributed by atoms with Crippen molar-refractivity contribution < 1.29 is 4.79 Å². The number of hydrogen-bond donors (Lipinski definition) is 1. The second-order valence-electron chi connectivity index (χ2n) is 8.01. The van der Waals surface area contributed by atoms with Crippen LogP contribution in [0, 0.1) is 6.92 Å². The summed E-state index contributed by atoms with van der Waals surface area (Å²) in [4.78, 5) is 33.9. The predicted octanol–water partition coefficient (Wildman–Crippen LogP) is 3.35. The lowest BCUT2D eigenvalue weighted by Gasteiger charge is -2.16. The molecule has 6 nitrogen and oxygen atoms in total. The van der Waals surface area contributed by atoms with Crippen LogP contribution in [0.2, 0.25) is 0 Å². The van der Waals surface area contributed by atoms with Crippen LogP contribution in [0.4, 0.5) is 0 Å². The number of hydrogen-bond acceptors (Lipinski definition) is 5. The van der Waals surface area contributed by atoms with E-state index in [1.54, 1.807) is 4.57 Å². The molecule has 0 saturated heterocycles. The number of carbonyl (C=O) groups is 1. The fraction of sp³-hybridized carbons (Fsp3) is 0.435. The van der Waals surface area contributed by atoms with Crippen LogP contribution in [0.15, 0.2) is 35.1 Å². The van der Waals surface area contributed by atoms with Gasteiger partial charge in [0.1, 0.15) is 10.7 Å². The van der Waals surface area contributed by atoms with E-state index in [-0.39, 0.29) is 11.5 Å². The average Bonchev–Trinajstić information content (AvgIpc) is 3.08. The molecule has 30 heavy (non-hydrogen) atoms. The summed E-state index contributed by atoms with van der Waals surface area (Å²) < 4.78 is 1.79. The Morgan fingerprint density at radius 3 is 2.87 bits per heavy atom. The number of amides is 1. The molecule has 0 spiro atoms. The largest absolute Gasteiger partial charge is 0.351 e. The first kappa shape index (κ1) is 20.8. The number of nitrogens with one attached hydrogen (secondary N) is 1. The maximum atomic E-state index is 12.9. The van der Waals surface area contributed by atoms with Crippen molar-refractivity contribution in [2.75, 3.05) is 20.1 Å². The van der Waals surface area contributed by atoms with Crippen molar-refractivity contribution in [1.82, 2.24) is 19.8 Å². The molecule has 0 bridgehead atoms. The molecule has 1 N–H and O–H groups in total. The van der Waals surface area contributed by atoms with Gasteiger partial charge in [0.15, 0.2) is 0 Å². The van der Waals surface area contributed by atoms with Crippen LogP contribution in [-0.2, 0) is 19.5 Å². The number of fused-ring (bicyclic) bond motifs is 2. The summed E-state index contributed by atoms with van der Waals surface area (Å²) in [6, 6.07) is 10.4. The van der Waals surface area contributed by atoms with E-state index < -0.39 is 0 Å². The Morgan fingerprint density at radius 1 is 1.27 bits per heavy atom. The second-order valence-corrected chi connectivity index (χ2v) is 9.01. The third-order valence-electron chi connectivity index (χ3n) is 5.67. The van der Waals surface area contributed by atoms with Gasteiger partial charge in [0.25, 0.3) is 11.5 Å². The van der Waals surface area contributed by atoms with Crippen LogP contribution in [0.25, 0.3) is 10.2 Å². The van der Waals surface area contributed by atoms with Gasteiger partial charge in [-0.25, -0.2) is 4.98 Å². The molecule has 0 aliphatic carbocycles. The number of aromatic nitrogens is 2. The molecule has 0 saturated carbocycles. The van der Waals surface area contributed by atoms with Gasteiger partial charge in [-0.05, 0) is 50.9 Å². The highest BCUT2D eigenvalue weighted by molar-refractivity contribution is 7.20. The van der Waals surface area contributed by atoms with Crippen LogP contribution in [0.3, 0.4) is 0 Å². The summed E-state index contributed by atoms with van der Waals surface area (Å²) in [5.41, 5.74) is 2.04. The lowest BCUT2D eigenvalue weighted by molar-refractivity contribution is 0.0955. The summed E-state index contributed by atoms with van der Waals surface area (Å²) in [5, 5.41) is 3.63. The molecular weight excluding hydrogens is 396 g/mol. The quantitative estimate of drug-likeness (QED) is 0.591. The van der Waals surface area contributed by atoms with E-state index in [1.807, 2.05) is 25.1 Å². The molecule has 0 unspecified atom stereocenters. The Hall–Kier alpha value is -2.51. The molecule has 1 aliphatic rings. The summed E-state index contributed by atoms with van der Waals surface area (Å²) in [5.74, 6) is 0.747. The maximum Gasteiger partial charge on any atom is 0.262 e. The Labute approximate surface area is 180 Å². The van der Waals surface area contributed by atoms with Crippen molar-refractivity contribution in [3.63, 3.8) is 0 Å². The van der Waals surface area contributed by atoms with E-state index in [9.17, 15) is 9.59 Å². The zero-order valence-electron chi connectivity index (χ0n) is 17.6. The van der Waals surface area contributed by atoms with Crippen molar-refractivity contribution in [3.8, 4) is 0 Å². The maximum absolute atomic E-state index is 12.9. The van der Waals surface area contributed by atoms with Gasteiger partial charge in [0.2, 0.25) is 0 Å². The van der Waals surface area contributed by atoms with Gasteiger partial charge in [0.05, 0.1) is 10.3 Å². The molecule has 0 fully saturated rings. The van der Waals surface area contributed by atoms with E-state index in [0.717, 1.165) is 56.7 Å². The van der Waals surface area contributed by atoms with Crippen LogP contribution >= 0.6 is 11.3 Å². The van der Waals surface area contributed by atoms with Crippen LogP contribution in [0.5, 0.6) is 0 Å². The highest BCUT2D eigenvalue weighted by atomic mass is 32.1. The minimum absolute atomic E-state index is 0.00466. The van der Waals surface area contributed by atoms with Crippen LogP contribution in [-0.4, -0.2) is 40.5 Å². The van der Waals surface area contributed by atoms with Crippen molar-refractivity contribution in [2.24, 2.45) is 0 Å². The van der Waals surface area contributed by atoms with Gasteiger partial charge < -0.3 is 10.2 Å².